The van der Waals surface area contributed by atoms with E-state index < -0.39 is 0 Å². The van der Waals surface area contributed by atoms with Crippen molar-refractivity contribution in [1.82, 2.24) is 14.7 Å². The van der Waals surface area contributed by atoms with Gasteiger partial charge in [0.1, 0.15) is 5.76 Å². The number of benzene rings is 1. The molecule has 0 aliphatic carbocycles. The van der Waals surface area contributed by atoms with Crippen molar-refractivity contribution in [1.29, 1.82) is 0 Å². The van der Waals surface area contributed by atoms with Crippen LogP contribution < -0.4 is 4.90 Å². The van der Waals surface area contributed by atoms with Crippen molar-refractivity contribution < 1.29 is 9.21 Å². The summed E-state index contributed by atoms with van der Waals surface area (Å²) in [6.45, 7) is 7.07. The zero-order chi connectivity index (χ0) is 18.8. The number of nitrogens with zero attached hydrogens (tertiary/aromatic N) is 4. The van der Waals surface area contributed by atoms with Crippen LogP contribution in [0.3, 0.4) is 0 Å². The van der Waals surface area contributed by atoms with Crippen LogP contribution in [0.2, 0.25) is 0 Å². The maximum atomic E-state index is 12.9. The average molecular weight is 364 g/mol. The zero-order valence-electron chi connectivity index (χ0n) is 15.7. The molecule has 6 nitrogen and oxygen atoms in total. The van der Waals surface area contributed by atoms with E-state index >= 15 is 0 Å². The number of piperazine rings is 1. The molecule has 0 saturated carbocycles. The number of carbonyl (C=O) groups excluding carboxylic acids is 1. The van der Waals surface area contributed by atoms with Crippen LogP contribution in [0, 0.1) is 6.92 Å². The molecule has 1 aromatic carbocycles. The summed E-state index contributed by atoms with van der Waals surface area (Å²) < 4.78 is 7.56. The van der Waals surface area contributed by atoms with Crippen LogP contribution in [0.25, 0.3) is 0 Å². The Labute approximate surface area is 159 Å². The summed E-state index contributed by atoms with van der Waals surface area (Å²) in [5, 5.41) is 4.17. The van der Waals surface area contributed by atoms with Gasteiger partial charge >= 0.3 is 0 Å². The van der Waals surface area contributed by atoms with Gasteiger partial charge in [0.05, 0.1) is 6.54 Å². The molecular formula is C21H24N4O2. The molecule has 0 unspecified atom stereocenters. The number of aryl methyl sites for hydroxylation is 1. The lowest BCUT2D eigenvalue weighted by atomic mass is 10.1. The number of aromatic nitrogens is 2. The van der Waals surface area contributed by atoms with Crippen molar-refractivity contribution in [2.24, 2.45) is 0 Å². The van der Waals surface area contributed by atoms with Crippen molar-refractivity contribution in [2.45, 2.75) is 26.4 Å². The zero-order valence-corrected chi connectivity index (χ0v) is 15.7. The third-order valence-corrected chi connectivity index (χ3v) is 5.09. The SMILES string of the molecule is Cc1ccccc1N1CCN(C(=O)c2ccc(Cn3cccn3)o2)[C@@H](C)C1. The molecule has 0 bridgehead atoms. The molecule has 140 valence electrons. The molecule has 1 fully saturated rings. The molecule has 6 heteroatoms. The van der Waals surface area contributed by atoms with E-state index in [2.05, 4.69) is 48.1 Å². The first kappa shape index (κ1) is 17.4. The van der Waals surface area contributed by atoms with E-state index in [-0.39, 0.29) is 11.9 Å². The number of amides is 1. The van der Waals surface area contributed by atoms with Crippen molar-refractivity contribution in [3.63, 3.8) is 0 Å². The maximum Gasteiger partial charge on any atom is 0.289 e. The molecule has 3 heterocycles. The van der Waals surface area contributed by atoms with E-state index in [9.17, 15) is 4.79 Å². The third-order valence-electron chi connectivity index (χ3n) is 5.09. The van der Waals surface area contributed by atoms with Crippen molar-refractivity contribution >= 4 is 11.6 Å². The second kappa shape index (κ2) is 7.31. The van der Waals surface area contributed by atoms with E-state index in [1.165, 1.54) is 11.3 Å². The second-order valence-corrected chi connectivity index (χ2v) is 7.05. The first-order valence-corrected chi connectivity index (χ1v) is 9.29. The lowest BCUT2D eigenvalue weighted by Crippen LogP contribution is -2.54. The summed E-state index contributed by atoms with van der Waals surface area (Å²) in [4.78, 5) is 17.2. The summed E-state index contributed by atoms with van der Waals surface area (Å²) in [5.74, 6) is 1.08. The Balaban J connectivity index is 1.43. The first-order valence-electron chi connectivity index (χ1n) is 9.29. The number of furan rings is 1. The fourth-order valence-electron chi connectivity index (χ4n) is 3.67. The van der Waals surface area contributed by atoms with E-state index in [1.807, 2.05) is 23.2 Å². The highest BCUT2D eigenvalue weighted by molar-refractivity contribution is 5.92. The Kier molecular flexibility index (Phi) is 4.71. The maximum absolute atomic E-state index is 12.9. The molecule has 1 aliphatic heterocycles. The normalized spacial score (nSPS) is 17.3. The largest absolute Gasteiger partial charge is 0.454 e. The van der Waals surface area contributed by atoms with Crippen LogP contribution in [0.5, 0.6) is 0 Å². The van der Waals surface area contributed by atoms with Gasteiger partial charge in [-0.15, -0.1) is 0 Å². The Hall–Kier alpha value is -3.02. The average Bonchev–Trinajstić information content (AvgIpc) is 3.34. The molecule has 3 aromatic rings. The van der Waals surface area contributed by atoms with Crippen LogP contribution in [-0.4, -0.2) is 46.3 Å². The highest BCUT2D eigenvalue weighted by Gasteiger charge is 2.30. The van der Waals surface area contributed by atoms with Crippen molar-refractivity contribution in [3.05, 3.63) is 71.9 Å². The predicted octanol–water partition coefficient (Wildman–Crippen LogP) is 3.18. The van der Waals surface area contributed by atoms with Gasteiger partial charge in [0.2, 0.25) is 0 Å². The van der Waals surface area contributed by atoms with Gasteiger partial charge in [0.25, 0.3) is 5.91 Å². The second-order valence-electron chi connectivity index (χ2n) is 7.05. The summed E-state index contributed by atoms with van der Waals surface area (Å²) in [7, 11) is 0. The summed E-state index contributed by atoms with van der Waals surface area (Å²) in [6.07, 6.45) is 3.60. The molecule has 1 saturated heterocycles. The molecule has 27 heavy (non-hydrogen) atoms. The molecular weight excluding hydrogens is 340 g/mol. The van der Waals surface area contributed by atoms with Crippen LogP contribution in [-0.2, 0) is 6.54 Å². The molecule has 1 aliphatic rings. The van der Waals surface area contributed by atoms with Gasteiger partial charge in [-0.1, -0.05) is 18.2 Å². The predicted molar refractivity (Wildman–Crippen MR) is 104 cm³/mol. The minimum absolute atomic E-state index is 0.0429. The van der Waals surface area contributed by atoms with Gasteiger partial charge in [-0.25, -0.2) is 0 Å². The monoisotopic (exact) mass is 364 g/mol. The standard InChI is InChI=1S/C21H24N4O2/c1-16-6-3-4-7-19(16)23-12-13-25(17(2)14-23)21(26)20-9-8-18(27-20)15-24-11-5-10-22-24/h3-11,17H,12-15H2,1-2H3/t17-/m0/s1. The highest BCUT2D eigenvalue weighted by atomic mass is 16.4. The lowest BCUT2D eigenvalue weighted by Gasteiger charge is -2.41. The van der Waals surface area contributed by atoms with Gasteiger partial charge in [-0.05, 0) is 43.7 Å². The summed E-state index contributed by atoms with van der Waals surface area (Å²) >= 11 is 0. The van der Waals surface area contributed by atoms with E-state index in [0.717, 1.165) is 18.8 Å². The molecule has 0 spiro atoms. The number of rotatable bonds is 4. The van der Waals surface area contributed by atoms with Crippen LogP contribution in [0.1, 0.15) is 28.8 Å². The molecule has 1 atom stereocenters. The number of hydrogen-bond donors (Lipinski definition) is 0. The Morgan fingerprint density at radius 3 is 2.78 bits per heavy atom. The van der Waals surface area contributed by atoms with Gasteiger partial charge in [0.15, 0.2) is 5.76 Å². The van der Waals surface area contributed by atoms with Gasteiger partial charge < -0.3 is 14.2 Å². The van der Waals surface area contributed by atoms with Crippen LogP contribution >= 0.6 is 0 Å². The third kappa shape index (κ3) is 3.60. The van der Waals surface area contributed by atoms with Gasteiger partial charge in [0, 0.05) is 43.8 Å². The minimum atomic E-state index is -0.0429. The van der Waals surface area contributed by atoms with Crippen LogP contribution in [0.4, 0.5) is 5.69 Å². The Bertz CT molecular complexity index is 916. The van der Waals surface area contributed by atoms with E-state index in [4.69, 9.17) is 4.42 Å². The Morgan fingerprint density at radius 1 is 1.19 bits per heavy atom. The molecule has 2 aromatic heterocycles. The number of para-hydroxylation sites is 1. The fourth-order valence-corrected chi connectivity index (χ4v) is 3.67. The smallest absolute Gasteiger partial charge is 0.289 e. The van der Waals surface area contributed by atoms with Crippen LogP contribution in [0.15, 0.2) is 59.3 Å². The van der Waals surface area contributed by atoms with E-state index in [0.29, 0.717) is 18.8 Å². The van der Waals surface area contributed by atoms with Crippen molar-refractivity contribution in [3.8, 4) is 0 Å². The van der Waals surface area contributed by atoms with Gasteiger partial charge in [-0.2, -0.15) is 5.10 Å². The van der Waals surface area contributed by atoms with Crippen molar-refractivity contribution in [2.75, 3.05) is 24.5 Å². The number of hydrogen-bond acceptors (Lipinski definition) is 4. The molecule has 4 rings (SSSR count). The van der Waals surface area contributed by atoms with Gasteiger partial charge in [-0.3, -0.25) is 9.48 Å². The minimum Gasteiger partial charge on any atom is -0.454 e. The fraction of sp³-hybridized carbons (Fsp3) is 0.333. The molecule has 0 N–H and O–H groups in total. The summed E-state index contributed by atoms with van der Waals surface area (Å²) in [5.41, 5.74) is 2.51. The quantitative estimate of drug-likeness (QED) is 0.713. The molecule has 0 radical (unpaired) electrons. The lowest BCUT2D eigenvalue weighted by molar-refractivity contribution is 0.0639. The highest BCUT2D eigenvalue weighted by Crippen LogP contribution is 2.24. The molecule has 1 amide bonds. The first-order chi connectivity index (χ1) is 13.1. The number of carbonyl (C=O) groups is 1. The topological polar surface area (TPSA) is 54.5 Å². The summed E-state index contributed by atoms with van der Waals surface area (Å²) in [6, 6.07) is 14.0. The van der Waals surface area contributed by atoms with E-state index in [1.54, 1.807) is 16.9 Å². The number of anilines is 1. The Morgan fingerprint density at radius 2 is 2.04 bits per heavy atom.